The number of carbonyl (C=O) groups is 1. The van der Waals surface area contributed by atoms with Gasteiger partial charge in [-0.05, 0) is 94.0 Å². The molecule has 3 N–H and O–H groups in total. The fourth-order valence-corrected chi connectivity index (χ4v) is 6.17. The standard InChI is InChI=1S/C31H37ClN2O6S/c1-16-9-10-20(15-17(16)2)23-18(3)24(21-11-12-22-28(26(21)32)33-13-14-39-22)25(19(4)27(23)34-41(8,37)38)29(30(35)36)40-31(5,6)7/h9-12,15,29,33-34H,13-14H2,1-8H3,(H,35,36). The number of nitrogens with one attached hydrogen (secondary N) is 2. The minimum absolute atomic E-state index is 0.298. The van der Waals surface area contributed by atoms with Crippen molar-refractivity contribution < 1.29 is 27.8 Å². The number of hydrogen-bond donors (Lipinski definition) is 3. The Balaban J connectivity index is 2.21. The van der Waals surface area contributed by atoms with Crippen LogP contribution in [0.25, 0.3) is 22.3 Å². The Hall–Kier alpha value is -3.27. The summed E-state index contributed by atoms with van der Waals surface area (Å²) >= 11 is 7.02. The smallest absolute Gasteiger partial charge is 0.337 e. The van der Waals surface area contributed by atoms with Crippen molar-refractivity contribution in [1.29, 1.82) is 0 Å². The number of benzene rings is 3. The minimum Gasteiger partial charge on any atom is -0.490 e. The second-order valence-corrected chi connectivity index (χ2v) is 13.6. The van der Waals surface area contributed by atoms with Gasteiger partial charge in [0.1, 0.15) is 12.4 Å². The molecule has 1 atom stereocenters. The van der Waals surface area contributed by atoms with E-state index in [0.717, 1.165) is 22.9 Å². The topological polar surface area (TPSA) is 114 Å². The number of carboxylic acid groups (broad SMARTS) is 1. The van der Waals surface area contributed by atoms with Crippen molar-refractivity contribution in [3.63, 3.8) is 0 Å². The molecule has 0 amide bonds. The summed E-state index contributed by atoms with van der Waals surface area (Å²) in [4.78, 5) is 12.8. The summed E-state index contributed by atoms with van der Waals surface area (Å²) in [5.74, 6) is -0.602. The van der Waals surface area contributed by atoms with Crippen LogP contribution in [-0.4, -0.2) is 44.5 Å². The van der Waals surface area contributed by atoms with Crippen LogP contribution in [0.4, 0.5) is 11.4 Å². The lowest BCUT2D eigenvalue weighted by molar-refractivity contribution is -0.160. The van der Waals surface area contributed by atoms with Gasteiger partial charge in [0, 0.05) is 23.2 Å². The molecule has 0 radical (unpaired) electrons. The van der Waals surface area contributed by atoms with Crippen molar-refractivity contribution in [2.45, 2.75) is 60.2 Å². The lowest BCUT2D eigenvalue weighted by atomic mass is 9.82. The van der Waals surface area contributed by atoms with Crippen LogP contribution in [0.2, 0.25) is 5.02 Å². The molecule has 0 fully saturated rings. The van der Waals surface area contributed by atoms with E-state index in [1.165, 1.54) is 0 Å². The number of ether oxygens (including phenoxy) is 2. The maximum atomic E-state index is 12.8. The molecule has 3 aromatic carbocycles. The maximum Gasteiger partial charge on any atom is 0.337 e. The van der Waals surface area contributed by atoms with Crippen molar-refractivity contribution in [2.24, 2.45) is 0 Å². The average Bonchev–Trinajstić information content (AvgIpc) is 2.86. The first-order valence-corrected chi connectivity index (χ1v) is 15.6. The molecule has 0 aromatic heterocycles. The third-order valence-corrected chi connectivity index (χ3v) is 8.09. The van der Waals surface area contributed by atoms with Crippen molar-refractivity contribution in [3.05, 3.63) is 63.2 Å². The van der Waals surface area contributed by atoms with Crippen LogP contribution in [0.15, 0.2) is 30.3 Å². The van der Waals surface area contributed by atoms with E-state index in [4.69, 9.17) is 21.1 Å². The number of anilines is 2. The summed E-state index contributed by atoms with van der Waals surface area (Å²) in [6.45, 7) is 13.9. The molecule has 41 heavy (non-hydrogen) atoms. The average molecular weight is 601 g/mol. The van der Waals surface area contributed by atoms with E-state index < -0.39 is 27.7 Å². The maximum absolute atomic E-state index is 12.8. The highest BCUT2D eigenvalue weighted by molar-refractivity contribution is 7.92. The number of fused-ring (bicyclic) bond motifs is 1. The monoisotopic (exact) mass is 600 g/mol. The van der Waals surface area contributed by atoms with Gasteiger partial charge in [-0.2, -0.15) is 0 Å². The van der Waals surface area contributed by atoms with E-state index in [0.29, 0.717) is 68.7 Å². The highest BCUT2D eigenvalue weighted by Crippen LogP contribution is 2.50. The summed E-state index contributed by atoms with van der Waals surface area (Å²) in [6.07, 6.45) is -0.347. The Morgan fingerprint density at radius 1 is 1.07 bits per heavy atom. The molecule has 0 bridgehead atoms. The Morgan fingerprint density at radius 2 is 1.76 bits per heavy atom. The van der Waals surface area contributed by atoms with Gasteiger partial charge in [0.2, 0.25) is 10.0 Å². The number of aryl methyl sites for hydroxylation is 2. The van der Waals surface area contributed by atoms with Crippen molar-refractivity contribution in [1.82, 2.24) is 0 Å². The van der Waals surface area contributed by atoms with E-state index in [1.54, 1.807) is 33.8 Å². The van der Waals surface area contributed by atoms with E-state index in [9.17, 15) is 18.3 Å². The second kappa shape index (κ2) is 11.2. The molecule has 0 saturated heterocycles. The van der Waals surface area contributed by atoms with Gasteiger partial charge in [-0.15, -0.1) is 0 Å². The Bertz CT molecular complexity index is 1640. The van der Waals surface area contributed by atoms with E-state index in [-0.39, 0.29) is 0 Å². The molecule has 1 unspecified atom stereocenters. The molecule has 0 saturated carbocycles. The highest BCUT2D eigenvalue weighted by Gasteiger charge is 2.35. The van der Waals surface area contributed by atoms with Crippen LogP contribution in [0, 0.1) is 27.7 Å². The van der Waals surface area contributed by atoms with Gasteiger partial charge in [0.15, 0.2) is 6.10 Å². The lowest BCUT2D eigenvalue weighted by Gasteiger charge is -2.32. The highest BCUT2D eigenvalue weighted by atomic mass is 35.5. The molecular formula is C31H37ClN2O6S. The van der Waals surface area contributed by atoms with Gasteiger partial charge in [0.25, 0.3) is 0 Å². The fourth-order valence-electron chi connectivity index (χ4n) is 5.23. The van der Waals surface area contributed by atoms with Crippen molar-refractivity contribution in [3.8, 4) is 28.0 Å². The predicted octanol–water partition coefficient (Wildman–Crippen LogP) is 7.02. The van der Waals surface area contributed by atoms with Gasteiger partial charge in [-0.3, -0.25) is 4.72 Å². The van der Waals surface area contributed by atoms with Crippen LogP contribution in [0.1, 0.15) is 54.7 Å². The molecule has 10 heteroatoms. The molecule has 1 aliphatic rings. The van der Waals surface area contributed by atoms with Gasteiger partial charge >= 0.3 is 5.97 Å². The first-order chi connectivity index (χ1) is 19.0. The summed E-state index contributed by atoms with van der Waals surface area (Å²) in [6, 6.07) is 9.53. The number of rotatable bonds is 7. The molecule has 0 aliphatic carbocycles. The molecule has 220 valence electrons. The van der Waals surface area contributed by atoms with E-state index in [1.807, 2.05) is 45.0 Å². The van der Waals surface area contributed by atoms with Crippen LogP contribution >= 0.6 is 11.6 Å². The quantitative estimate of drug-likeness (QED) is 0.267. The zero-order valence-electron chi connectivity index (χ0n) is 24.7. The molecule has 3 aromatic rings. The minimum atomic E-state index is -3.75. The van der Waals surface area contributed by atoms with E-state index >= 15 is 0 Å². The summed E-state index contributed by atoms with van der Waals surface area (Å²) < 4.78 is 40.0. The molecular weight excluding hydrogens is 564 g/mol. The van der Waals surface area contributed by atoms with Crippen LogP contribution in [-0.2, 0) is 19.6 Å². The zero-order valence-corrected chi connectivity index (χ0v) is 26.2. The van der Waals surface area contributed by atoms with Crippen molar-refractivity contribution in [2.75, 3.05) is 29.4 Å². The number of hydrogen-bond acceptors (Lipinski definition) is 6. The van der Waals surface area contributed by atoms with Gasteiger partial charge in [0.05, 0.1) is 28.3 Å². The Morgan fingerprint density at radius 3 is 2.34 bits per heavy atom. The molecule has 1 aliphatic heterocycles. The molecule has 0 spiro atoms. The third-order valence-electron chi connectivity index (χ3n) is 7.12. The van der Waals surface area contributed by atoms with Gasteiger partial charge in [-0.1, -0.05) is 29.8 Å². The second-order valence-electron chi connectivity index (χ2n) is 11.5. The predicted molar refractivity (Wildman–Crippen MR) is 165 cm³/mol. The van der Waals surface area contributed by atoms with Crippen molar-refractivity contribution >= 4 is 39.0 Å². The third kappa shape index (κ3) is 6.32. The fraction of sp³-hybridized carbons (Fsp3) is 0.387. The number of carboxylic acids is 1. The molecule has 1 heterocycles. The molecule has 8 nitrogen and oxygen atoms in total. The zero-order chi connectivity index (χ0) is 30.4. The van der Waals surface area contributed by atoms with Crippen LogP contribution in [0.3, 0.4) is 0 Å². The normalized spacial score (nSPS) is 14.1. The molecule has 4 rings (SSSR count). The summed E-state index contributed by atoms with van der Waals surface area (Å²) in [5, 5.41) is 14.2. The number of sulfonamides is 1. The largest absolute Gasteiger partial charge is 0.490 e. The Kier molecular flexibility index (Phi) is 8.38. The van der Waals surface area contributed by atoms with Gasteiger partial charge < -0.3 is 19.9 Å². The number of halogens is 1. The summed E-state index contributed by atoms with van der Waals surface area (Å²) in [5.41, 5.74) is 6.18. The SMILES string of the molecule is Cc1ccc(-c2c(C)c(-c3ccc4c(c3Cl)NCCO4)c(C(OC(C)(C)C)C(=O)O)c(C)c2NS(C)(=O)=O)cc1C. The summed E-state index contributed by atoms with van der Waals surface area (Å²) in [7, 11) is -3.75. The van der Waals surface area contributed by atoms with Crippen LogP contribution in [0.5, 0.6) is 5.75 Å². The number of aliphatic carboxylic acids is 1. The lowest BCUT2D eigenvalue weighted by Crippen LogP contribution is -2.29. The first kappa shape index (κ1) is 30.7. The van der Waals surface area contributed by atoms with Crippen LogP contribution < -0.4 is 14.8 Å². The van der Waals surface area contributed by atoms with E-state index in [2.05, 4.69) is 10.0 Å². The first-order valence-electron chi connectivity index (χ1n) is 13.3. The van der Waals surface area contributed by atoms with Gasteiger partial charge in [-0.25, -0.2) is 13.2 Å². The Labute approximate surface area is 247 Å².